The van der Waals surface area contributed by atoms with Gasteiger partial charge in [0.25, 0.3) is 0 Å². The summed E-state index contributed by atoms with van der Waals surface area (Å²) in [4.78, 5) is 0. The standard InChI is InChI=1S/C12H15Cl3O2/c13-6-2-8-16-10-4-1-5-11(12(10)15)17-9-3-7-14/h1,4-5H,2-3,6-9H2. The SMILES string of the molecule is ClCCCOc1cccc(OCCCCl)c1Cl. The molecule has 1 aromatic carbocycles. The minimum absolute atomic E-state index is 0.497. The first kappa shape index (κ1) is 14.7. The van der Waals surface area contributed by atoms with Crippen molar-refractivity contribution in [3.63, 3.8) is 0 Å². The first-order valence-electron chi connectivity index (χ1n) is 5.45. The fourth-order valence-corrected chi connectivity index (χ4v) is 1.64. The molecule has 5 heteroatoms. The third-order valence-corrected chi connectivity index (χ3v) is 2.91. The molecular weight excluding hydrogens is 282 g/mol. The summed E-state index contributed by atoms with van der Waals surface area (Å²) < 4.78 is 11.0. The molecule has 96 valence electrons. The molecule has 0 spiro atoms. The summed E-state index contributed by atoms with van der Waals surface area (Å²) in [6.07, 6.45) is 1.57. The van der Waals surface area contributed by atoms with E-state index in [0.29, 0.717) is 41.5 Å². The number of hydrogen-bond acceptors (Lipinski definition) is 2. The van der Waals surface area contributed by atoms with Crippen LogP contribution in [0.2, 0.25) is 5.02 Å². The zero-order valence-electron chi connectivity index (χ0n) is 9.43. The monoisotopic (exact) mass is 296 g/mol. The second-order valence-corrected chi connectivity index (χ2v) is 4.48. The third-order valence-electron chi connectivity index (χ3n) is 2.00. The first-order valence-corrected chi connectivity index (χ1v) is 6.90. The van der Waals surface area contributed by atoms with E-state index in [-0.39, 0.29) is 0 Å². The van der Waals surface area contributed by atoms with E-state index in [0.717, 1.165) is 12.8 Å². The van der Waals surface area contributed by atoms with Crippen LogP contribution in [0.1, 0.15) is 12.8 Å². The highest BCUT2D eigenvalue weighted by Gasteiger charge is 2.08. The summed E-state index contributed by atoms with van der Waals surface area (Å²) in [5.41, 5.74) is 0. The van der Waals surface area contributed by atoms with Crippen LogP contribution in [0.3, 0.4) is 0 Å². The molecule has 0 aliphatic rings. The summed E-state index contributed by atoms with van der Waals surface area (Å²) in [5, 5.41) is 0.497. The van der Waals surface area contributed by atoms with Gasteiger partial charge in [0.1, 0.15) is 16.5 Å². The summed E-state index contributed by atoms with van der Waals surface area (Å²) >= 11 is 17.3. The highest BCUT2D eigenvalue weighted by atomic mass is 35.5. The molecule has 2 nitrogen and oxygen atoms in total. The highest BCUT2D eigenvalue weighted by molar-refractivity contribution is 6.33. The molecule has 0 amide bonds. The van der Waals surface area contributed by atoms with Crippen LogP contribution in [0.15, 0.2) is 18.2 Å². The lowest BCUT2D eigenvalue weighted by Crippen LogP contribution is -2.01. The minimum Gasteiger partial charge on any atom is -0.492 e. The molecule has 0 N–H and O–H groups in total. The third kappa shape index (κ3) is 5.24. The molecule has 0 aliphatic heterocycles. The molecule has 0 saturated heterocycles. The maximum atomic E-state index is 6.15. The van der Waals surface area contributed by atoms with Crippen LogP contribution in [0.25, 0.3) is 0 Å². The molecule has 1 aromatic rings. The van der Waals surface area contributed by atoms with E-state index in [1.54, 1.807) is 0 Å². The average Bonchev–Trinajstić information content (AvgIpc) is 2.34. The van der Waals surface area contributed by atoms with Crippen molar-refractivity contribution >= 4 is 34.8 Å². The summed E-state index contributed by atoms with van der Waals surface area (Å²) in [6, 6.07) is 5.47. The molecule has 0 bridgehead atoms. The summed E-state index contributed by atoms with van der Waals surface area (Å²) in [6.45, 7) is 1.10. The van der Waals surface area contributed by atoms with Crippen LogP contribution >= 0.6 is 34.8 Å². The van der Waals surface area contributed by atoms with Crippen LogP contribution in [-0.2, 0) is 0 Å². The number of hydrogen-bond donors (Lipinski definition) is 0. The van der Waals surface area contributed by atoms with Crippen molar-refractivity contribution in [1.29, 1.82) is 0 Å². The van der Waals surface area contributed by atoms with Gasteiger partial charge in [-0.1, -0.05) is 17.7 Å². The molecule has 0 aromatic heterocycles. The maximum absolute atomic E-state index is 6.15. The van der Waals surface area contributed by atoms with Crippen molar-refractivity contribution in [1.82, 2.24) is 0 Å². The largest absolute Gasteiger partial charge is 0.492 e. The molecule has 0 radical (unpaired) electrons. The fourth-order valence-electron chi connectivity index (χ4n) is 1.19. The second kappa shape index (κ2) is 8.73. The van der Waals surface area contributed by atoms with Crippen molar-refractivity contribution in [2.75, 3.05) is 25.0 Å². The summed E-state index contributed by atoms with van der Waals surface area (Å²) in [5.74, 6) is 2.40. The van der Waals surface area contributed by atoms with Crippen molar-refractivity contribution in [3.05, 3.63) is 23.2 Å². The molecule has 0 aliphatic carbocycles. The van der Waals surface area contributed by atoms with Gasteiger partial charge in [-0.3, -0.25) is 0 Å². The number of alkyl halides is 2. The van der Waals surface area contributed by atoms with E-state index < -0.39 is 0 Å². The smallest absolute Gasteiger partial charge is 0.141 e. The Morgan fingerprint density at radius 1 is 0.882 bits per heavy atom. The van der Waals surface area contributed by atoms with Crippen LogP contribution in [-0.4, -0.2) is 25.0 Å². The van der Waals surface area contributed by atoms with Crippen LogP contribution in [0.5, 0.6) is 11.5 Å². The van der Waals surface area contributed by atoms with Crippen molar-refractivity contribution < 1.29 is 9.47 Å². The normalized spacial score (nSPS) is 10.3. The Kier molecular flexibility index (Phi) is 7.58. The second-order valence-electron chi connectivity index (χ2n) is 3.35. The maximum Gasteiger partial charge on any atom is 0.141 e. The Hall–Kier alpha value is -0.310. The zero-order chi connectivity index (χ0) is 12.5. The number of halogens is 3. The molecule has 0 fully saturated rings. The number of rotatable bonds is 8. The average molecular weight is 298 g/mol. The van der Waals surface area contributed by atoms with Gasteiger partial charge in [-0.2, -0.15) is 0 Å². The molecule has 0 unspecified atom stereocenters. The number of ether oxygens (including phenoxy) is 2. The lowest BCUT2D eigenvalue weighted by Gasteiger charge is -2.11. The lowest BCUT2D eigenvalue weighted by molar-refractivity contribution is 0.303. The van der Waals surface area contributed by atoms with Gasteiger partial charge in [0.15, 0.2) is 0 Å². The van der Waals surface area contributed by atoms with Gasteiger partial charge >= 0.3 is 0 Å². The van der Waals surface area contributed by atoms with Crippen molar-refractivity contribution in [2.45, 2.75) is 12.8 Å². The predicted octanol–water partition coefficient (Wildman–Crippen LogP) is 4.36. The number of benzene rings is 1. The predicted molar refractivity (Wildman–Crippen MR) is 73.1 cm³/mol. The Labute approximate surface area is 117 Å². The van der Waals surface area contributed by atoms with Crippen LogP contribution in [0, 0.1) is 0 Å². The Morgan fingerprint density at radius 3 is 1.76 bits per heavy atom. The molecule has 17 heavy (non-hydrogen) atoms. The van der Waals surface area contributed by atoms with E-state index in [1.165, 1.54) is 0 Å². The molecule has 1 rings (SSSR count). The van der Waals surface area contributed by atoms with Crippen LogP contribution in [0.4, 0.5) is 0 Å². The van der Waals surface area contributed by atoms with E-state index in [1.807, 2.05) is 18.2 Å². The quantitative estimate of drug-likeness (QED) is 0.524. The lowest BCUT2D eigenvalue weighted by atomic mass is 10.3. The van der Waals surface area contributed by atoms with Crippen LogP contribution < -0.4 is 9.47 Å². The first-order chi connectivity index (χ1) is 8.29. The Bertz CT molecular complexity index is 303. The van der Waals surface area contributed by atoms with Gasteiger partial charge in [-0.15, -0.1) is 23.2 Å². The van der Waals surface area contributed by atoms with Gasteiger partial charge < -0.3 is 9.47 Å². The molecular formula is C12H15Cl3O2. The van der Waals surface area contributed by atoms with E-state index in [9.17, 15) is 0 Å². The van der Waals surface area contributed by atoms with Gasteiger partial charge in [-0.25, -0.2) is 0 Å². The molecule has 0 atom stereocenters. The summed E-state index contributed by atoms with van der Waals surface area (Å²) in [7, 11) is 0. The minimum atomic E-state index is 0.497. The van der Waals surface area contributed by atoms with Gasteiger partial charge in [-0.05, 0) is 25.0 Å². The molecule has 0 saturated carbocycles. The van der Waals surface area contributed by atoms with E-state index >= 15 is 0 Å². The van der Waals surface area contributed by atoms with E-state index in [2.05, 4.69) is 0 Å². The van der Waals surface area contributed by atoms with Crippen molar-refractivity contribution in [2.24, 2.45) is 0 Å². The zero-order valence-corrected chi connectivity index (χ0v) is 11.7. The Balaban J connectivity index is 2.56. The Morgan fingerprint density at radius 2 is 1.35 bits per heavy atom. The van der Waals surface area contributed by atoms with Gasteiger partial charge in [0.2, 0.25) is 0 Å². The van der Waals surface area contributed by atoms with Gasteiger partial charge in [0, 0.05) is 11.8 Å². The van der Waals surface area contributed by atoms with Gasteiger partial charge in [0.05, 0.1) is 13.2 Å². The topological polar surface area (TPSA) is 18.5 Å². The highest BCUT2D eigenvalue weighted by Crippen LogP contribution is 2.33. The fraction of sp³-hybridized carbons (Fsp3) is 0.500. The molecule has 0 heterocycles. The van der Waals surface area contributed by atoms with E-state index in [4.69, 9.17) is 44.3 Å². The van der Waals surface area contributed by atoms with Crippen molar-refractivity contribution in [3.8, 4) is 11.5 Å².